The molecule has 0 N–H and O–H groups in total. The number of hydrogen-bond acceptors (Lipinski definition) is 5. The Morgan fingerprint density at radius 2 is 1.77 bits per heavy atom. The molecular formula is C22H35N3O4S. The van der Waals surface area contributed by atoms with E-state index in [1.54, 1.807) is 35.4 Å². The number of likely N-dealkylation sites (N-methyl/N-ethyl adjacent to an activating group) is 1. The van der Waals surface area contributed by atoms with Crippen LogP contribution in [0.3, 0.4) is 0 Å². The lowest BCUT2D eigenvalue weighted by Crippen LogP contribution is -2.50. The molecule has 168 valence electrons. The summed E-state index contributed by atoms with van der Waals surface area (Å²) in [4.78, 5) is 16.3. The van der Waals surface area contributed by atoms with Gasteiger partial charge in [-0.05, 0) is 36.5 Å². The Hall–Kier alpha value is -1.48. The second-order valence-corrected chi connectivity index (χ2v) is 11.1. The summed E-state index contributed by atoms with van der Waals surface area (Å²) in [6.07, 6.45) is 1.48. The predicted molar refractivity (Wildman–Crippen MR) is 117 cm³/mol. The van der Waals surface area contributed by atoms with Crippen molar-refractivity contribution in [1.82, 2.24) is 14.1 Å². The summed E-state index contributed by atoms with van der Waals surface area (Å²) in [6.45, 7) is 8.25. The minimum absolute atomic E-state index is 0.0805. The van der Waals surface area contributed by atoms with Crippen LogP contribution in [0.15, 0.2) is 29.2 Å². The fraction of sp³-hybridized carbons (Fsp3) is 0.682. The normalized spacial score (nSPS) is 21.0. The lowest BCUT2D eigenvalue weighted by atomic mass is 9.79. The molecule has 1 aromatic carbocycles. The van der Waals surface area contributed by atoms with Gasteiger partial charge in [0, 0.05) is 45.7 Å². The van der Waals surface area contributed by atoms with Gasteiger partial charge in [-0.25, -0.2) is 8.42 Å². The van der Waals surface area contributed by atoms with E-state index in [0.717, 1.165) is 31.5 Å². The Kier molecular flexibility index (Phi) is 7.22. The minimum Gasteiger partial charge on any atom is -0.379 e. The van der Waals surface area contributed by atoms with Gasteiger partial charge in [-0.3, -0.25) is 9.69 Å². The van der Waals surface area contributed by atoms with Gasteiger partial charge < -0.3 is 9.64 Å². The molecular weight excluding hydrogens is 402 g/mol. The minimum atomic E-state index is -3.49. The van der Waals surface area contributed by atoms with Crippen molar-refractivity contribution in [2.45, 2.75) is 37.5 Å². The van der Waals surface area contributed by atoms with Gasteiger partial charge in [-0.2, -0.15) is 4.31 Å². The van der Waals surface area contributed by atoms with Crippen LogP contribution in [0.25, 0.3) is 0 Å². The third-order valence-corrected chi connectivity index (χ3v) is 8.26. The van der Waals surface area contributed by atoms with E-state index in [4.69, 9.17) is 4.74 Å². The molecule has 0 aliphatic carbocycles. The number of benzene rings is 1. The number of carbonyl (C=O) groups is 1. The number of amides is 1. The van der Waals surface area contributed by atoms with E-state index >= 15 is 0 Å². The Balaban J connectivity index is 1.67. The first kappa shape index (κ1) is 23.2. The smallest absolute Gasteiger partial charge is 0.243 e. The first-order valence-corrected chi connectivity index (χ1v) is 12.2. The number of piperidine rings is 1. The van der Waals surface area contributed by atoms with Gasteiger partial charge in [0.1, 0.15) is 0 Å². The lowest BCUT2D eigenvalue weighted by molar-refractivity contribution is -0.130. The Morgan fingerprint density at radius 3 is 2.33 bits per heavy atom. The fourth-order valence-electron chi connectivity index (χ4n) is 4.23. The van der Waals surface area contributed by atoms with Crippen molar-refractivity contribution in [3.8, 4) is 0 Å². The van der Waals surface area contributed by atoms with Crippen LogP contribution < -0.4 is 0 Å². The molecule has 2 aliphatic rings. The SMILES string of the molecule is CC(C)c1ccc(S(=O)(=O)N2CCC3(CC2)COCCN(CC(=O)N(C)C)C3)cc1. The quantitative estimate of drug-likeness (QED) is 0.705. The van der Waals surface area contributed by atoms with Crippen molar-refractivity contribution < 1.29 is 17.9 Å². The van der Waals surface area contributed by atoms with Gasteiger partial charge >= 0.3 is 0 Å². The summed E-state index contributed by atoms with van der Waals surface area (Å²) in [5.74, 6) is 0.450. The molecule has 2 aliphatic heterocycles. The van der Waals surface area contributed by atoms with Crippen LogP contribution in [0.2, 0.25) is 0 Å². The van der Waals surface area contributed by atoms with Crippen LogP contribution >= 0.6 is 0 Å². The highest BCUT2D eigenvalue weighted by atomic mass is 32.2. The number of sulfonamides is 1. The average Bonchev–Trinajstić information content (AvgIpc) is 2.90. The summed E-state index contributed by atoms with van der Waals surface area (Å²) >= 11 is 0. The summed E-state index contributed by atoms with van der Waals surface area (Å²) in [6, 6.07) is 7.25. The molecule has 2 fully saturated rings. The lowest BCUT2D eigenvalue weighted by Gasteiger charge is -2.42. The average molecular weight is 438 g/mol. The van der Waals surface area contributed by atoms with E-state index in [0.29, 0.717) is 43.7 Å². The molecule has 0 bridgehead atoms. The largest absolute Gasteiger partial charge is 0.379 e. The topological polar surface area (TPSA) is 70.2 Å². The van der Waals surface area contributed by atoms with Crippen LogP contribution in [0.4, 0.5) is 0 Å². The van der Waals surface area contributed by atoms with Gasteiger partial charge in [0.15, 0.2) is 0 Å². The maximum absolute atomic E-state index is 13.1. The van der Waals surface area contributed by atoms with E-state index in [2.05, 4.69) is 18.7 Å². The van der Waals surface area contributed by atoms with Gasteiger partial charge in [-0.15, -0.1) is 0 Å². The number of hydrogen-bond donors (Lipinski definition) is 0. The summed E-state index contributed by atoms with van der Waals surface area (Å²) in [5, 5.41) is 0. The maximum Gasteiger partial charge on any atom is 0.243 e. The van der Waals surface area contributed by atoms with Crippen LogP contribution in [0.5, 0.6) is 0 Å². The molecule has 30 heavy (non-hydrogen) atoms. The van der Waals surface area contributed by atoms with Gasteiger partial charge in [0.25, 0.3) is 0 Å². The first-order valence-electron chi connectivity index (χ1n) is 10.7. The molecule has 1 aromatic rings. The molecule has 1 spiro atoms. The highest BCUT2D eigenvalue weighted by Crippen LogP contribution is 2.36. The molecule has 1 amide bonds. The van der Waals surface area contributed by atoms with Crippen molar-refractivity contribution in [3.05, 3.63) is 29.8 Å². The van der Waals surface area contributed by atoms with Gasteiger partial charge in [0.05, 0.1) is 24.7 Å². The highest BCUT2D eigenvalue weighted by molar-refractivity contribution is 7.89. The van der Waals surface area contributed by atoms with E-state index in [9.17, 15) is 13.2 Å². The standard InChI is InChI=1S/C22H35N3O4S/c1-18(2)19-5-7-20(8-6-19)30(27,28)25-11-9-22(10-12-25)16-24(13-14-29-17-22)15-21(26)23(3)4/h5-8,18H,9-17H2,1-4H3. The molecule has 0 saturated carbocycles. The molecule has 0 atom stereocenters. The van der Waals surface area contributed by atoms with Gasteiger partial charge in [-0.1, -0.05) is 26.0 Å². The van der Waals surface area contributed by atoms with E-state index < -0.39 is 10.0 Å². The van der Waals surface area contributed by atoms with Crippen LogP contribution in [-0.4, -0.2) is 88.5 Å². The van der Waals surface area contributed by atoms with E-state index in [1.807, 2.05) is 12.1 Å². The molecule has 2 heterocycles. The first-order chi connectivity index (χ1) is 14.1. The highest BCUT2D eigenvalue weighted by Gasteiger charge is 2.41. The number of carbonyl (C=O) groups excluding carboxylic acids is 1. The Labute approximate surface area is 181 Å². The molecule has 8 heteroatoms. The second-order valence-electron chi connectivity index (χ2n) is 9.18. The van der Waals surface area contributed by atoms with Crippen LogP contribution in [0.1, 0.15) is 38.2 Å². The monoisotopic (exact) mass is 437 g/mol. The predicted octanol–water partition coefficient (Wildman–Crippen LogP) is 2.00. The number of nitrogens with zero attached hydrogens (tertiary/aromatic N) is 3. The van der Waals surface area contributed by atoms with Crippen molar-refractivity contribution >= 4 is 15.9 Å². The van der Waals surface area contributed by atoms with E-state index in [1.165, 1.54) is 0 Å². The molecule has 2 saturated heterocycles. The van der Waals surface area contributed by atoms with Crippen molar-refractivity contribution in [1.29, 1.82) is 0 Å². The van der Waals surface area contributed by atoms with Gasteiger partial charge in [0.2, 0.25) is 15.9 Å². The summed E-state index contributed by atoms with van der Waals surface area (Å²) in [7, 11) is 0.0401. The molecule has 0 radical (unpaired) electrons. The van der Waals surface area contributed by atoms with E-state index in [-0.39, 0.29) is 11.3 Å². The molecule has 0 unspecified atom stereocenters. The molecule has 7 nitrogen and oxygen atoms in total. The second kappa shape index (κ2) is 9.34. The third-order valence-electron chi connectivity index (χ3n) is 6.34. The van der Waals surface area contributed by atoms with Crippen molar-refractivity contribution in [2.24, 2.45) is 5.41 Å². The van der Waals surface area contributed by atoms with Crippen molar-refractivity contribution in [3.63, 3.8) is 0 Å². The summed E-state index contributed by atoms with van der Waals surface area (Å²) in [5.41, 5.74) is 1.03. The Morgan fingerprint density at radius 1 is 1.13 bits per heavy atom. The number of ether oxygens (including phenoxy) is 1. The fourth-order valence-corrected chi connectivity index (χ4v) is 5.67. The zero-order valence-corrected chi connectivity index (χ0v) is 19.5. The zero-order valence-electron chi connectivity index (χ0n) is 18.6. The molecule has 3 rings (SSSR count). The Bertz CT molecular complexity index is 828. The third kappa shape index (κ3) is 5.22. The molecule has 0 aromatic heterocycles. The van der Waals surface area contributed by atoms with Crippen LogP contribution in [-0.2, 0) is 19.6 Å². The number of rotatable bonds is 5. The van der Waals surface area contributed by atoms with Crippen molar-refractivity contribution in [2.75, 3.05) is 60.0 Å². The van der Waals surface area contributed by atoms with Crippen LogP contribution in [0, 0.1) is 5.41 Å². The summed E-state index contributed by atoms with van der Waals surface area (Å²) < 4.78 is 33.7. The maximum atomic E-state index is 13.1. The zero-order chi connectivity index (χ0) is 21.9.